The fourth-order valence-electron chi connectivity index (χ4n) is 4.05. The molecule has 1 aromatic heterocycles. The number of anilines is 1. The van der Waals surface area contributed by atoms with Gasteiger partial charge in [-0.3, -0.25) is 9.78 Å². The number of carbonyl (C=O) groups excluding carboxylic acids is 2. The van der Waals surface area contributed by atoms with Gasteiger partial charge in [0.15, 0.2) is 0 Å². The second-order valence-electron chi connectivity index (χ2n) is 6.63. The molecule has 2 spiro atoms. The van der Waals surface area contributed by atoms with Crippen LogP contribution in [0.1, 0.15) is 37.7 Å². The van der Waals surface area contributed by atoms with E-state index in [1.54, 1.807) is 12.4 Å². The molecule has 0 radical (unpaired) electrons. The zero-order valence-corrected chi connectivity index (χ0v) is 13.4. The summed E-state index contributed by atoms with van der Waals surface area (Å²) in [5, 5.41) is 2.93. The van der Waals surface area contributed by atoms with Crippen molar-refractivity contribution in [2.75, 3.05) is 4.90 Å². The maximum atomic E-state index is 12.8. The van der Waals surface area contributed by atoms with Gasteiger partial charge in [0, 0.05) is 10.7 Å². The second-order valence-corrected chi connectivity index (χ2v) is 7.48. The summed E-state index contributed by atoms with van der Waals surface area (Å²) in [7, 11) is 0. The molecular weight excluding hydrogens is 334 g/mol. The van der Waals surface area contributed by atoms with Crippen LogP contribution in [0.15, 0.2) is 16.9 Å². The summed E-state index contributed by atoms with van der Waals surface area (Å²) >= 11 is 3.40. The van der Waals surface area contributed by atoms with Crippen LogP contribution in [0.4, 0.5) is 10.5 Å². The van der Waals surface area contributed by atoms with E-state index in [0.29, 0.717) is 11.1 Å². The van der Waals surface area contributed by atoms with Crippen LogP contribution in [0.5, 0.6) is 0 Å². The van der Waals surface area contributed by atoms with Gasteiger partial charge in [0.05, 0.1) is 11.9 Å². The second kappa shape index (κ2) is 4.06. The molecule has 1 saturated heterocycles. The number of carbonyl (C=O) groups is 2. The van der Waals surface area contributed by atoms with Crippen molar-refractivity contribution in [2.24, 2.45) is 5.41 Å². The third kappa shape index (κ3) is 1.65. The SMILES string of the molecule is Cc1c(Br)cncc1N1C(=O)NC2(CC3(CCC3)C2)C1=O. The van der Waals surface area contributed by atoms with Crippen LogP contribution < -0.4 is 10.2 Å². The summed E-state index contributed by atoms with van der Waals surface area (Å²) in [5.74, 6) is -0.118. The number of hydrogen-bond donors (Lipinski definition) is 1. The lowest BCUT2D eigenvalue weighted by Crippen LogP contribution is -2.64. The summed E-state index contributed by atoms with van der Waals surface area (Å²) in [4.78, 5) is 30.5. The highest BCUT2D eigenvalue weighted by Crippen LogP contribution is 2.61. The van der Waals surface area contributed by atoms with E-state index in [1.807, 2.05) is 6.92 Å². The van der Waals surface area contributed by atoms with Crippen molar-refractivity contribution in [2.45, 2.75) is 44.6 Å². The largest absolute Gasteiger partial charge is 0.329 e. The first-order valence-corrected chi connectivity index (χ1v) is 8.03. The summed E-state index contributed by atoms with van der Waals surface area (Å²) in [5.41, 5.74) is 1.08. The van der Waals surface area contributed by atoms with Gasteiger partial charge in [-0.05, 0) is 59.5 Å². The van der Waals surface area contributed by atoms with Crippen molar-refractivity contribution in [3.63, 3.8) is 0 Å². The molecular formula is C15H16BrN3O2. The van der Waals surface area contributed by atoms with Gasteiger partial charge in [-0.1, -0.05) is 6.42 Å². The normalized spacial score (nSPS) is 25.0. The molecule has 0 atom stereocenters. The average molecular weight is 350 g/mol. The highest BCUT2D eigenvalue weighted by atomic mass is 79.9. The van der Waals surface area contributed by atoms with E-state index < -0.39 is 5.54 Å². The van der Waals surface area contributed by atoms with E-state index in [-0.39, 0.29) is 11.9 Å². The molecule has 1 aliphatic heterocycles. The van der Waals surface area contributed by atoms with E-state index in [1.165, 1.54) is 24.2 Å². The molecule has 0 bridgehead atoms. The van der Waals surface area contributed by atoms with Crippen molar-refractivity contribution in [1.82, 2.24) is 10.3 Å². The molecule has 5 nitrogen and oxygen atoms in total. The summed E-state index contributed by atoms with van der Waals surface area (Å²) in [6, 6.07) is -0.322. The van der Waals surface area contributed by atoms with E-state index in [0.717, 1.165) is 22.9 Å². The molecule has 2 aliphatic carbocycles. The Balaban J connectivity index is 1.67. The number of aromatic nitrogens is 1. The van der Waals surface area contributed by atoms with Gasteiger partial charge in [-0.25, -0.2) is 9.69 Å². The standard InChI is InChI=1S/C15H16BrN3O2/c1-9-10(16)5-17-6-11(9)19-12(20)15(18-13(19)21)7-14(8-15)3-2-4-14/h5-6H,2-4,7-8H2,1H3,(H,18,21). The van der Waals surface area contributed by atoms with Crippen molar-refractivity contribution < 1.29 is 9.59 Å². The Morgan fingerprint density at radius 3 is 2.62 bits per heavy atom. The van der Waals surface area contributed by atoms with Crippen LogP contribution in [-0.4, -0.2) is 22.5 Å². The Labute approximate surface area is 131 Å². The molecule has 110 valence electrons. The van der Waals surface area contributed by atoms with Gasteiger partial charge in [-0.2, -0.15) is 0 Å². The van der Waals surface area contributed by atoms with Gasteiger partial charge in [0.25, 0.3) is 5.91 Å². The maximum Gasteiger partial charge on any atom is 0.329 e. The summed E-state index contributed by atoms with van der Waals surface area (Å²) < 4.78 is 0.797. The molecule has 0 unspecified atom stereocenters. The highest BCUT2D eigenvalue weighted by molar-refractivity contribution is 9.10. The lowest BCUT2D eigenvalue weighted by molar-refractivity contribution is -0.136. The number of pyridine rings is 1. The zero-order chi connectivity index (χ0) is 14.8. The third-order valence-electron chi connectivity index (χ3n) is 5.30. The van der Waals surface area contributed by atoms with E-state index >= 15 is 0 Å². The minimum absolute atomic E-state index is 0.118. The Hall–Kier alpha value is -1.43. The number of imide groups is 1. The third-order valence-corrected chi connectivity index (χ3v) is 6.10. The molecule has 1 N–H and O–H groups in total. The van der Waals surface area contributed by atoms with Gasteiger partial charge in [0.2, 0.25) is 0 Å². The van der Waals surface area contributed by atoms with Crippen LogP contribution in [0.3, 0.4) is 0 Å². The molecule has 2 saturated carbocycles. The molecule has 21 heavy (non-hydrogen) atoms. The minimum Gasteiger partial charge on any atom is -0.323 e. The monoisotopic (exact) mass is 349 g/mol. The molecule has 3 fully saturated rings. The average Bonchev–Trinajstić information content (AvgIpc) is 2.61. The van der Waals surface area contributed by atoms with Gasteiger partial charge in [0.1, 0.15) is 5.54 Å². The van der Waals surface area contributed by atoms with Crippen LogP contribution in [0.2, 0.25) is 0 Å². The number of urea groups is 1. The molecule has 3 aliphatic rings. The first-order chi connectivity index (χ1) is 9.96. The fourth-order valence-corrected chi connectivity index (χ4v) is 4.37. The Morgan fingerprint density at radius 2 is 2.00 bits per heavy atom. The first kappa shape index (κ1) is 13.2. The lowest BCUT2D eigenvalue weighted by atomic mass is 9.48. The van der Waals surface area contributed by atoms with Crippen LogP contribution >= 0.6 is 15.9 Å². The molecule has 0 aromatic carbocycles. The fraction of sp³-hybridized carbons (Fsp3) is 0.533. The minimum atomic E-state index is -0.660. The van der Waals surface area contributed by atoms with E-state index in [9.17, 15) is 9.59 Å². The molecule has 1 aromatic rings. The number of halogens is 1. The number of nitrogens with one attached hydrogen (secondary N) is 1. The van der Waals surface area contributed by atoms with Crippen molar-refractivity contribution in [1.29, 1.82) is 0 Å². The first-order valence-electron chi connectivity index (χ1n) is 7.23. The van der Waals surface area contributed by atoms with Crippen LogP contribution in [0, 0.1) is 12.3 Å². The predicted octanol–water partition coefficient (Wildman–Crippen LogP) is 2.91. The molecule has 3 amide bonds. The quantitative estimate of drug-likeness (QED) is 0.793. The summed E-state index contributed by atoms with van der Waals surface area (Å²) in [6.07, 6.45) is 8.46. The van der Waals surface area contributed by atoms with Crippen molar-refractivity contribution >= 4 is 33.6 Å². The van der Waals surface area contributed by atoms with Crippen LogP contribution in [0.25, 0.3) is 0 Å². The number of amides is 3. The van der Waals surface area contributed by atoms with E-state index in [2.05, 4.69) is 26.2 Å². The Kier molecular flexibility index (Phi) is 2.56. The van der Waals surface area contributed by atoms with Crippen molar-refractivity contribution in [3.8, 4) is 0 Å². The number of nitrogens with zero attached hydrogens (tertiary/aromatic N) is 2. The number of rotatable bonds is 1. The zero-order valence-electron chi connectivity index (χ0n) is 11.8. The van der Waals surface area contributed by atoms with Gasteiger partial charge >= 0.3 is 6.03 Å². The smallest absolute Gasteiger partial charge is 0.323 e. The molecule has 6 heteroatoms. The Morgan fingerprint density at radius 1 is 1.29 bits per heavy atom. The predicted molar refractivity (Wildman–Crippen MR) is 80.9 cm³/mol. The van der Waals surface area contributed by atoms with Crippen LogP contribution in [-0.2, 0) is 4.79 Å². The van der Waals surface area contributed by atoms with Crippen molar-refractivity contribution in [3.05, 3.63) is 22.4 Å². The van der Waals surface area contributed by atoms with Gasteiger partial charge in [-0.15, -0.1) is 0 Å². The highest BCUT2D eigenvalue weighted by Gasteiger charge is 2.66. The number of hydrogen-bond acceptors (Lipinski definition) is 3. The molecule has 2 heterocycles. The van der Waals surface area contributed by atoms with E-state index in [4.69, 9.17) is 0 Å². The lowest BCUT2D eigenvalue weighted by Gasteiger charge is -2.58. The topological polar surface area (TPSA) is 62.3 Å². The maximum absolute atomic E-state index is 12.8. The summed E-state index contributed by atoms with van der Waals surface area (Å²) in [6.45, 7) is 1.88. The molecule has 4 rings (SSSR count). The van der Waals surface area contributed by atoms with Gasteiger partial charge < -0.3 is 5.32 Å². The Bertz CT molecular complexity index is 661.